The van der Waals surface area contributed by atoms with E-state index in [2.05, 4.69) is 42.1 Å². The monoisotopic (exact) mass is 484 g/mol. The van der Waals surface area contributed by atoms with Gasteiger partial charge in [0, 0.05) is 18.0 Å². The molecule has 180 valence electrons. The van der Waals surface area contributed by atoms with Crippen LogP contribution in [0.1, 0.15) is 41.6 Å². The van der Waals surface area contributed by atoms with Gasteiger partial charge in [0.1, 0.15) is 12.1 Å². The highest BCUT2D eigenvalue weighted by Crippen LogP contribution is 2.39. The molecule has 1 amide bonds. The predicted octanol–water partition coefficient (Wildman–Crippen LogP) is 2.37. The van der Waals surface area contributed by atoms with Gasteiger partial charge in [-0.05, 0) is 43.4 Å². The summed E-state index contributed by atoms with van der Waals surface area (Å²) >= 11 is 0. The van der Waals surface area contributed by atoms with Gasteiger partial charge < -0.3 is 10.1 Å². The molecule has 0 saturated heterocycles. The fourth-order valence-corrected chi connectivity index (χ4v) is 5.54. The molecule has 0 spiro atoms. The molecule has 1 heterocycles. The zero-order valence-electron chi connectivity index (χ0n) is 18.8. The number of benzene rings is 2. The number of rotatable bonds is 9. The first kappa shape index (κ1) is 23.7. The Kier molecular flexibility index (Phi) is 7.13. The van der Waals surface area contributed by atoms with E-state index < -0.39 is 10.2 Å². The molecule has 10 nitrogen and oxygen atoms in total. The number of methoxy groups -OCH3 is 1. The molecule has 0 aliphatic heterocycles. The van der Waals surface area contributed by atoms with Gasteiger partial charge in [0.2, 0.25) is 5.95 Å². The Labute approximate surface area is 198 Å². The lowest BCUT2D eigenvalue weighted by Gasteiger charge is -2.41. The van der Waals surface area contributed by atoms with Gasteiger partial charge in [0.05, 0.1) is 12.7 Å². The summed E-state index contributed by atoms with van der Waals surface area (Å²) in [6.07, 6.45) is 3.89. The molecule has 4 N–H and O–H groups in total. The number of nitrogens with zero attached hydrogens (tertiary/aromatic N) is 2. The number of aromatic amines is 1. The first-order valence-electron chi connectivity index (χ1n) is 11.0. The van der Waals surface area contributed by atoms with Crippen molar-refractivity contribution in [2.75, 3.05) is 18.4 Å². The van der Waals surface area contributed by atoms with Gasteiger partial charge in [-0.15, -0.1) is 0 Å². The lowest BCUT2D eigenvalue weighted by atomic mass is 9.68. The zero-order valence-corrected chi connectivity index (χ0v) is 19.6. The normalized spacial score (nSPS) is 20.4. The van der Waals surface area contributed by atoms with E-state index in [9.17, 15) is 13.2 Å². The smallest absolute Gasteiger partial charge is 0.301 e. The molecular formula is C23H28N6O4S. The Hall–Kier alpha value is -3.44. The van der Waals surface area contributed by atoms with Gasteiger partial charge in [-0.25, -0.2) is 9.82 Å². The number of amides is 1. The van der Waals surface area contributed by atoms with Crippen molar-refractivity contribution >= 4 is 22.1 Å². The summed E-state index contributed by atoms with van der Waals surface area (Å²) in [6, 6.07) is 16.9. The molecule has 1 aliphatic carbocycles. The Balaban J connectivity index is 1.45. The summed E-state index contributed by atoms with van der Waals surface area (Å²) in [5.41, 5.74) is 1.30. The van der Waals surface area contributed by atoms with E-state index in [0.717, 1.165) is 5.56 Å². The van der Waals surface area contributed by atoms with E-state index in [1.807, 2.05) is 24.3 Å². The van der Waals surface area contributed by atoms with Crippen molar-refractivity contribution in [1.29, 1.82) is 0 Å². The molecule has 3 aromatic rings. The molecule has 34 heavy (non-hydrogen) atoms. The van der Waals surface area contributed by atoms with Gasteiger partial charge in [0.15, 0.2) is 0 Å². The Morgan fingerprint density at radius 1 is 1.12 bits per heavy atom. The third-order valence-corrected chi connectivity index (χ3v) is 7.34. The number of aromatic nitrogens is 3. The average molecular weight is 485 g/mol. The Morgan fingerprint density at radius 3 is 2.50 bits per heavy atom. The third kappa shape index (κ3) is 5.54. The van der Waals surface area contributed by atoms with E-state index >= 15 is 0 Å². The number of hydrogen-bond acceptors (Lipinski definition) is 6. The number of nitrogens with one attached hydrogen (secondary N) is 4. The summed E-state index contributed by atoms with van der Waals surface area (Å²) in [5, 5.41) is 9.20. The van der Waals surface area contributed by atoms with Gasteiger partial charge in [-0.1, -0.05) is 42.5 Å². The second-order valence-electron chi connectivity index (χ2n) is 8.36. The number of para-hydroxylation sites is 1. The van der Waals surface area contributed by atoms with E-state index in [1.54, 1.807) is 18.2 Å². The molecular weight excluding hydrogens is 456 g/mol. The Bertz CT molecular complexity index is 1190. The molecule has 0 unspecified atom stereocenters. The van der Waals surface area contributed by atoms with Gasteiger partial charge in [0.25, 0.3) is 5.91 Å². The number of H-pyrrole nitrogens is 1. The summed E-state index contributed by atoms with van der Waals surface area (Å²) in [7, 11) is -2.25. The van der Waals surface area contributed by atoms with Crippen LogP contribution < -0.4 is 19.5 Å². The predicted molar refractivity (Wildman–Crippen MR) is 128 cm³/mol. The van der Waals surface area contributed by atoms with E-state index in [4.69, 9.17) is 4.74 Å². The van der Waals surface area contributed by atoms with Crippen LogP contribution in [0.3, 0.4) is 0 Å². The maximum atomic E-state index is 12.9. The second-order valence-corrected chi connectivity index (χ2v) is 9.81. The average Bonchev–Trinajstić information content (AvgIpc) is 3.36. The standard InChI is InChI=1S/C23H28N6O4S/c1-33-20-10-6-5-9-19(20)21(30)24-15-23(17-7-3-2-4-8-17)13-11-18(12-14-23)28-34(31,32)29-22-25-16-26-27-22/h2-10,16,18,28H,11-15H2,1H3,(H,24,30)(H2,25,26,27,29). The van der Waals surface area contributed by atoms with Crippen LogP contribution in [0.5, 0.6) is 5.75 Å². The molecule has 1 aliphatic rings. The van der Waals surface area contributed by atoms with Crippen LogP contribution in [0.2, 0.25) is 0 Å². The minimum absolute atomic E-state index is 0.0565. The molecule has 1 saturated carbocycles. The van der Waals surface area contributed by atoms with Gasteiger partial charge >= 0.3 is 10.2 Å². The number of anilines is 1. The van der Waals surface area contributed by atoms with Crippen LogP contribution in [0, 0.1) is 0 Å². The van der Waals surface area contributed by atoms with Crippen molar-refractivity contribution in [3.05, 3.63) is 72.1 Å². The fourth-order valence-electron chi connectivity index (χ4n) is 4.46. The molecule has 2 aromatic carbocycles. The van der Waals surface area contributed by atoms with Crippen molar-refractivity contribution in [1.82, 2.24) is 25.2 Å². The van der Waals surface area contributed by atoms with Crippen molar-refractivity contribution in [2.45, 2.75) is 37.1 Å². The van der Waals surface area contributed by atoms with Crippen molar-refractivity contribution in [3.63, 3.8) is 0 Å². The number of carbonyl (C=O) groups is 1. The fraction of sp³-hybridized carbons (Fsp3) is 0.348. The van der Waals surface area contributed by atoms with Crippen LogP contribution in [0.15, 0.2) is 60.9 Å². The highest BCUT2D eigenvalue weighted by Gasteiger charge is 2.38. The van der Waals surface area contributed by atoms with Crippen LogP contribution in [0.25, 0.3) is 0 Å². The first-order chi connectivity index (χ1) is 16.4. The lowest BCUT2D eigenvalue weighted by molar-refractivity contribution is 0.0932. The van der Waals surface area contributed by atoms with E-state index in [1.165, 1.54) is 13.4 Å². The largest absolute Gasteiger partial charge is 0.496 e. The lowest BCUT2D eigenvalue weighted by Crippen LogP contribution is -2.48. The van der Waals surface area contributed by atoms with Gasteiger partial charge in [-0.3, -0.25) is 4.79 Å². The Morgan fingerprint density at radius 2 is 1.82 bits per heavy atom. The number of carbonyl (C=O) groups excluding carboxylic acids is 1. The summed E-state index contributed by atoms with van der Waals surface area (Å²) in [5.74, 6) is 0.374. The van der Waals surface area contributed by atoms with Crippen molar-refractivity contribution < 1.29 is 17.9 Å². The zero-order chi connectivity index (χ0) is 24.0. The number of ether oxygens (including phenoxy) is 1. The summed E-state index contributed by atoms with van der Waals surface area (Å²) < 4.78 is 35.3. The van der Waals surface area contributed by atoms with Crippen LogP contribution in [-0.4, -0.2) is 49.2 Å². The first-order valence-corrected chi connectivity index (χ1v) is 12.5. The molecule has 4 rings (SSSR count). The molecule has 11 heteroatoms. The molecule has 0 radical (unpaired) electrons. The minimum Gasteiger partial charge on any atom is -0.496 e. The molecule has 1 aromatic heterocycles. The van der Waals surface area contributed by atoms with E-state index in [-0.39, 0.29) is 23.3 Å². The maximum Gasteiger partial charge on any atom is 0.301 e. The molecule has 1 fully saturated rings. The molecule has 0 atom stereocenters. The quantitative estimate of drug-likeness (QED) is 0.368. The van der Waals surface area contributed by atoms with Gasteiger partial charge in [-0.2, -0.15) is 23.2 Å². The van der Waals surface area contributed by atoms with Crippen molar-refractivity contribution in [2.24, 2.45) is 0 Å². The highest BCUT2D eigenvalue weighted by molar-refractivity contribution is 7.90. The second kappa shape index (κ2) is 10.2. The van der Waals surface area contributed by atoms with Crippen LogP contribution >= 0.6 is 0 Å². The van der Waals surface area contributed by atoms with Crippen molar-refractivity contribution in [3.8, 4) is 5.75 Å². The van der Waals surface area contributed by atoms with Crippen LogP contribution in [-0.2, 0) is 15.6 Å². The molecule has 0 bridgehead atoms. The summed E-state index contributed by atoms with van der Waals surface area (Å²) in [6.45, 7) is 0.434. The maximum absolute atomic E-state index is 12.9. The van der Waals surface area contributed by atoms with E-state index in [0.29, 0.717) is 43.5 Å². The topological polar surface area (TPSA) is 138 Å². The summed E-state index contributed by atoms with van der Waals surface area (Å²) in [4.78, 5) is 16.7. The SMILES string of the molecule is COc1ccccc1C(=O)NCC1(c2ccccc2)CCC(NS(=O)(=O)Nc2ncn[nH]2)CC1. The number of hydrogen-bond donors (Lipinski definition) is 4. The van der Waals surface area contributed by atoms with Crippen LogP contribution in [0.4, 0.5) is 5.95 Å². The third-order valence-electron chi connectivity index (χ3n) is 6.24. The minimum atomic E-state index is -3.79. The highest BCUT2D eigenvalue weighted by atomic mass is 32.2.